The number of esters is 1. The summed E-state index contributed by atoms with van der Waals surface area (Å²) in [5, 5.41) is 0. The van der Waals surface area contributed by atoms with Crippen LogP contribution in [0.25, 0.3) is 0 Å². The van der Waals surface area contributed by atoms with E-state index in [0.29, 0.717) is 13.0 Å². The van der Waals surface area contributed by atoms with Crippen LogP contribution in [0.5, 0.6) is 5.75 Å². The Bertz CT molecular complexity index is 412. The normalized spacial score (nSPS) is 20.0. The third-order valence-electron chi connectivity index (χ3n) is 3.07. The number of methoxy groups -OCH3 is 1. The maximum absolute atomic E-state index is 11.2. The molecule has 1 aromatic rings. The van der Waals surface area contributed by atoms with E-state index in [1.807, 2.05) is 24.3 Å². The summed E-state index contributed by atoms with van der Waals surface area (Å²) in [5.74, 6) is 0.411. The summed E-state index contributed by atoms with van der Waals surface area (Å²) in [6.45, 7) is 1.41. The Morgan fingerprint density at radius 3 is 2.79 bits per heavy atom. The highest BCUT2D eigenvalue weighted by atomic mass is 16.5. The van der Waals surface area contributed by atoms with Crippen LogP contribution in [0.2, 0.25) is 0 Å². The molecule has 5 nitrogen and oxygen atoms in total. The lowest BCUT2D eigenvalue weighted by Crippen LogP contribution is -2.33. The SMILES string of the molecule is COC(=O)C(N)Cc1ccc(OC2CCOC2)cc1. The largest absolute Gasteiger partial charge is 0.488 e. The van der Waals surface area contributed by atoms with Crippen molar-refractivity contribution in [1.29, 1.82) is 0 Å². The van der Waals surface area contributed by atoms with Gasteiger partial charge in [-0.2, -0.15) is 0 Å². The standard InChI is InChI=1S/C14H19NO4/c1-17-14(16)13(15)8-10-2-4-11(5-3-10)19-12-6-7-18-9-12/h2-5,12-13H,6-9,15H2,1H3. The van der Waals surface area contributed by atoms with Crippen LogP contribution >= 0.6 is 0 Å². The second-order valence-corrected chi connectivity index (χ2v) is 4.58. The molecule has 1 heterocycles. The zero-order chi connectivity index (χ0) is 13.7. The third-order valence-corrected chi connectivity index (χ3v) is 3.07. The average molecular weight is 265 g/mol. The molecule has 2 rings (SSSR count). The molecule has 1 aliphatic rings. The molecule has 0 aliphatic carbocycles. The Morgan fingerprint density at radius 1 is 1.47 bits per heavy atom. The third kappa shape index (κ3) is 3.94. The van der Waals surface area contributed by atoms with Crippen molar-refractivity contribution in [3.8, 4) is 5.75 Å². The first-order valence-corrected chi connectivity index (χ1v) is 6.36. The summed E-state index contributed by atoms with van der Waals surface area (Å²) < 4.78 is 15.6. The van der Waals surface area contributed by atoms with Gasteiger partial charge >= 0.3 is 5.97 Å². The lowest BCUT2D eigenvalue weighted by atomic mass is 10.1. The average Bonchev–Trinajstić information content (AvgIpc) is 2.93. The molecule has 0 radical (unpaired) electrons. The fourth-order valence-electron chi connectivity index (χ4n) is 1.99. The Kier molecular flexibility index (Phi) is 4.76. The van der Waals surface area contributed by atoms with E-state index in [-0.39, 0.29) is 6.10 Å². The summed E-state index contributed by atoms with van der Waals surface area (Å²) >= 11 is 0. The Labute approximate surface area is 112 Å². The second kappa shape index (κ2) is 6.54. The summed E-state index contributed by atoms with van der Waals surface area (Å²) in [7, 11) is 1.34. The van der Waals surface area contributed by atoms with Crippen molar-refractivity contribution in [2.75, 3.05) is 20.3 Å². The minimum absolute atomic E-state index is 0.142. The van der Waals surface area contributed by atoms with Gasteiger partial charge in [0.15, 0.2) is 0 Å². The number of nitrogens with two attached hydrogens (primary N) is 1. The lowest BCUT2D eigenvalue weighted by Gasteiger charge is -2.13. The van der Waals surface area contributed by atoms with Crippen LogP contribution < -0.4 is 10.5 Å². The van der Waals surface area contributed by atoms with Gasteiger partial charge in [-0.15, -0.1) is 0 Å². The molecule has 104 valence electrons. The van der Waals surface area contributed by atoms with Crippen molar-refractivity contribution < 1.29 is 19.0 Å². The van der Waals surface area contributed by atoms with Gasteiger partial charge in [0, 0.05) is 6.42 Å². The molecule has 2 unspecified atom stereocenters. The van der Waals surface area contributed by atoms with E-state index in [1.165, 1.54) is 7.11 Å². The molecule has 1 aromatic carbocycles. The molecular formula is C14H19NO4. The maximum atomic E-state index is 11.2. The molecule has 2 N–H and O–H groups in total. The number of carbonyl (C=O) groups is 1. The molecule has 1 aliphatic heterocycles. The number of ether oxygens (including phenoxy) is 3. The molecule has 1 saturated heterocycles. The molecule has 2 atom stereocenters. The Balaban J connectivity index is 1.88. The first-order valence-electron chi connectivity index (χ1n) is 6.36. The predicted octanol–water partition coefficient (Wildman–Crippen LogP) is 0.897. The van der Waals surface area contributed by atoms with Crippen LogP contribution in [0, 0.1) is 0 Å². The molecule has 5 heteroatoms. The van der Waals surface area contributed by atoms with Crippen molar-refractivity contribution in [3.05, 3.63) is 29.8 Å². The summed E-state index contributed by atoms with van der Waals surface area (Å²) in [6.07, 6.45) is 1.53. The summed E-state index contributed by atoms with van der Waals surface area (Å²) in [4.78, 5) is 11.2. The molecule has 0 saturated carbocycles. The number of carbonyl (C=O) groups excluding carboxylic acids is 1. The van der Waals surface area contributed by atoms with E-state index in [4.69, 9.17) is 15.2 Å². The molecule has 0 bridgehead atoms. The maximum Gasteiger partial charge on any atom is 0.322 e. The van der Waals surface area contributed by atoms with Gasteiger partial charge in [0.1, 0.15) is 17.9 Å². The van der Waals surface area contributed by atoms with E-state index >= 15 is 0 Å². The van der Waals surface area contributed by atoms with Gasteiger partial charge in [-0.1, -0.05) is 12.1 Å². The Hall–Kier alpha value is -1.59. The van der Waals surface area contributed by atoms with Crippen LogP contribution in [0.4, 0.5) is 0 Å². The number of hydrogen-bond donors (Lipinski definition) is 1. The fraction of sp³-hybridized carbons (Fsp3) is 0.500. The Morgan fingerprint density at radius 2 is 2.21 bits per heavy atom. The second-order valence-electron chi connectivity index (χ2n) is 4.58. The zero-order valence-electron chi connectivity index (χ0n) is 11.0. The van der Waals surface area contributed by atoms with Gasteiger partial charge in [0.05, 0.1) is 20.3 Å². The van der Waals surface area contributed by atoms with Crippen molar-refractivity contribution >= 4 is 5.97 Å². The van der Waals surface area contributed by atoms with Crippen molar-refractivity contribution in [2.24, 2.45) is 5.73 Å². The van der Waals surface area contributed by atoms with Crippen LogP contribution in [0.3, 0.4) is 0 Å². The summed E-state index contributed by atoms with van der Waals surface area (Å²) in [6, 6.07) is 6.97. The highest BCUT2D eigenvalue weighted by molar-refractivity contribution is 5.75. The van der Waals surface area contributed by atoms with E-state index in [2.05, 4.69) is 4.74 Å². The molecular weight excluding hydrogens is 246 g/mol. The first kappa shape index (κ1) is 13.8. The zero-order valence-corrected chi connectivity index (χ0v) is 11.0. The molecule has 0 aromatic heterocycles. The summed E-state index contributed by atoms with van der Waals surface area (Å²) in [5.41, 5.74) is 6.69. The molecule has 19 heavy (non-hydrogen) atoms. The predicted molar refractivity (Wildman–Crippen MR) is 70.0 cm³/mol. The highest BCUT2D eigenvalue weighted by Crippen LogP contribution is 2.18. The van der Waals surface area contributed by atoms with Gasteiger partial charge in [-0.05, 0) is 24.1 Å². The van der Waals surface area contributed by atoms with Gasteiger partial charge in [-0.3, -0.25) is 4.79 Å². The van der Waals surface area contributed by atoms with E-state index in [1.54, 1.807) is 0 Å². The topological polar surface area (TPSA) is 70.8 Å². The lowest BCUT2D eigenvalue weighted by molar-refractivity contribution is -0.142. The number of rotatable bonds is 5. The van der Waals surface area contributed by atoms with Gasteiger partial charge < -0.3 is 19.9 Å². The van der Waals surface area contributed by atoms with Crippen molar-refractivity contribution in [1.82, 2.24) is 0 Å². The van der Waals surface area contributed by atoms with Crippen LogP contribution in [0.15, 0.2) is 24.3 Å². The van der Waals surface area contributed by atoms with E-state index in [0.717, 1.165) is 24.3 Å². The highest BCUT2D eigenvalue weighted by Gasteiger charge is 2.17. The quantitative estimate of drug-likeness (QED) is 0.801. The monoisotopic (exact) mass is 265 g/mol. The van der Waals surface area contributed by atoms with Gasteiger partial charge in [0.2, 0.25) is 0 Å². The first-order chi connectivity index (χ1) is 9.19. The minimum atomic E-state index is -0.625. The minimum Gasteiger partial charge on any atom is -0.488 e. The van der Waals surface area contributed by atoms with Crippen molar-refractivity contribution in [2.45, 2.75) is 25.0 Å². The smallest absolute Gasteiger partial charge is 0.322 e. The molecule has 1 fully saturated rings. The fourth-order valence-corrected chi connectivity index (χ4v) is 1.99. The molecule has 0 spiro atoms. The van der Waals surface area contributed by atoms with E-state index in [9.17, 15) is 4.79 Å². The van der Waals surface area contributed by atoms with Crippen molar-refractivity contribution in [3.63, 3.8) is 0 Å². The van der Waals surface area contributed by atoms with E-state index < -0.39 is 12.0 Å². The number of benzene rings is 1. The van der Waals surface area contributed by atoms with Crippen LogP contribution in [-0.2, 0) is 20.7 Å². The van der Waals surface area contributed by atoms with Gasteiger partial charge in [-0.25, -0.2) is 0 Å². The van der Waals surface area contributed by atoms with Crippen LogP contribution in [-0.4, -0.2) is 38.4 Å². The number of hydrogen-bond acceptors (Lipinski definition) is 5. The molecule has 0 amide bonds. The van der Waals surface area contributed by atoms with Gasteiger partial charge in [0.25, 0.3) is 0 Å². The van der Waals surface area contributed by atoms with Crippen LogP contribution in [0.1, 0.15) is 12.0 Å².